The highest BCUT2D eigenvalue weighted by Gasteiger charge is 2.15. The van der Waals surface area contributed by atoms with Gasteiger partial charge in [-0.05, 0) is 32.9 Å². The van der Waals surface area contributed by atoms with E-state index in [0.29, 0.717) is 0 Å². The van der Waals surface area contributed by atoms with Gasteiger partial charge in [-0.2, -0.15) is 0 Å². The minimum atomic E-state index is -1.22. The molecule has 7 nitrogen and oxygen atoms in total. The van der Waals surface area contributed by atoms with E-state index >= 15 is 0 Å². The monoisotopic (exact) mass is 279 g/mol. The van der Waals surface area contributed by atoms with Gasteiger partial charge in [0.15, 0.2) is 0 Å². The van der Waals surface area contributed by atoms with Crippen molar-refractivity contribution in [1.82, 2.24) is 15.6 Å². The number of carboxylic acid groups (broad SMARTS) is 1. The summed E-state index contributed by atoms with van der Waals surface area (Å²) in [5.41, 5.74) is -0.465. The van der Waals surface area contributed by atoms with E-state index in [1.54, 1.807) is 0 Å². The molecule has 20 heavy (non-hydrogen) atoms. The fourth-order valence-electron chi connectivity index (χ4n) is 1.41. The Kier molecular flexibility index (Phi) is 4.79. The average molecular weight is 279 g/mol. The van der Waals surface area contributed by atoms with E-state index in [2.05, 4.69) is 15.6 Å². The summed E-state index contributed by atoms with van der Waals surface area (Å²) in [7, 11) is 0. The minimum Gasteiger partial charge on any atom is -0.477 e. The van der Waals surface area contributed by atoms with Gasteiger partial charge >= 0.3 is 5.97 Å². The van der Waals surface area contributed by atoms with Crippen LogP contribution in [0.3, 0.4) is 0 Å². The molecule has 0 aromatic carbocycles. The van der Waals surface area contributed by atoms with Crippen molar-refractivity contribution >= 4 is 17.8 Å². The molecule has 2 amide bonds. The van der Waals surface area contributed by atoms with E-state index < -0.39 is 11.9 Å². The van der Waals surface area contributed by atoms with Gasteiger partial charge in [-0.3, -0.25) is 9.59 Å². The van der Waals surface area contributed by atoms with Crippen LogP contribution in [0.4, 0.5) is 0 Å². The van der Waals surface area contributed by atoms with Gasteiger partial charge < -0.3 is 15.7 Å². The second kappa shape index (κ2) is 6.14. The lowest BCUT2D eigenvalue weighted by Crippen LogP contribution is -2.45. The smallest absolute Gasteiger partial charge is 0.354 e. The zero-order valence-corrected chi connectivity index (χ0v) is 11.6. The SMILES string of the molecule is CC(C)(C)NC(=O)CNC(=O)c1ccnc(C(=O)O)c1. The van der Waals surface area contributed by atoms with Crippen LogP contribution in [0.25, 0.3) is 0 Å². The van der Waals surface area contributed by atoms with Crippen molar-refractivity contribution in [2.24, 2.45) is 0 Å². The predicted molar refractivity (Wildman–Crippen MR) is 71.4 cm³/mol. The first-order valence-electron chi connectivity index (χ1n) is 5.97. The molecule has 1 heterocycles. The Bertz CT molecular complexity index is 535. The van der Waals surface area contributed by atoms with Gasteiger partial charge in [0.05, 0.1) is 6.54 Å². The topological polar surface area (TPSA) is 108 Å². The molecule has 0 saturated carbocycles. The number of nitrogens with one attached hydrogen (secondary N) is 2. The fraction of sp³-hybridized carbons (Fsp3) is 0.385. The Morgan fingerprint density at radius 2 is 1.95 bits per heavy atom. The van der Waals surface area contributed by atoms with Gasteiger partial charge in [-0.15, -0.1) is 0 Å². The number of aromatic nitrogens is 1. The molecule has 0 bridgehead atoms. The maximum absolute atomic E-state index is 11.8. The molecule has 1 aromatic heterocycles. The molecule has 1 aromatic rings. The summed E-state index contributed by atoms with van der Waals surface area (Å²) in [4.78, 5) is 37.7. The van der Waals surface area contributed by atoms with Crippen molar-refractivity contribution in [3.63, 3.8) is 0 Å². The largest absolute Gasteiger partial charge is 0.477 e. The van der Waals surface area contributed by atoms with Crippen molar-refractivity contribution in [2.75, 3.05) is 6.54 Å². The first-order chi connectivity index (χ1) is 9.19. The highest BCUT2D eigenvalue weighted by atomic mass is 16.4. The van der Waals surface area contributed by atoms with Gasteiger partial charge in [0.2, 0.25) is 5.91 Å². The van der Waals surface area contributed by atoms with Crippen molar-refractivity contribution in [3.8, 4) is 0 Å². The van der Waals surface area contributed by atoms with Crippen LogP contribution in [0.1, 0.15) is 41.6 Å². The molecule has 0 aliphatic rings. The number of amides is 2. The summed E-state index contributed by atoms with van der Waals surface area (Å²) in [6.07, 6.45) is 1.23. The highest BCUT2D eigenvalue weighted by molar-refractivity contribution is 5.98. The summed E-state index contributed by atoms with van der Waals surface area (Å²) >= 11 is 0. The number of nitrogens with zero attached hydrogens (tertiary/aromatic N) is 1. The van der Waals surface area contributed by atoms with Gasteiger partial charge in [-0.1, -0.05) is 0 Å². The number of pyridine rings is 1. The van der Waals surface area contributed by atoms with Crippen LogP contribution < -0.4 is 10.6 Å². The molecule has 0 radical (unpaired) electrons. The standard InChI is InChI=1S/C13H17N3O4/c1-13(2,3)16-10(17)7-15-11(18)8-4-5-14-9(6-8)12(19)20/h4-6H,7H2,1-3H3,(H,15,18)(H,16,17)(H,19,20). The molecule has 0 aliphatic heterocycles. The van der Waals surface area contributed by atoms with Crippen LogP contribution in [-0.2, 0) is 4.79 Å². The van der Waals surface area contributed by atoms with E-state index in [9.17, 15) is 14.4 Å². The highest BCUT2D eigenvalue weighted by Crippen LogP contribution is 2.02. The van der Waals surface area contributed by atoms with Crippen LogP contribution >= 0.6 is 0 Å². The number of hydrogen-bond acceptors (Lipinski definition) is 4. The summed E-state index contributed by atoms with van der Waals surface area (Å²) in [6, 6.07) is 2.53. The molecule has 0 aliphatic carbocycles. The summed E-state index contributed by atoms with van der Waals surface area (Å²) in [5, 5.41) is 13.9. The lowest BCUT2D eigenvalue weighted by Gasteiger charge is -2.20. The number of aromatic carboxylic acids is 1. The predicted octanol–water partition coefficient (Wildman–Crippen LogP) is 0.424. The second-order valence-electron chi connectivity index (χ2n) is 5.22. The van der Waals surface area contributed by atoms with Crippen LogP contribution in [0, 0.1) is 0 Å². The van der Waals surface area contributed by atoms with Crippen LogP contribution in [0.2, 0.25) is 0 Å². The third-order valence-electron chi connectivity index (χ3n) is 2.17. The Morgan fingerprint density at radius 1 is 1.30 bits per heavy atom. The molecular weight excluding hydrogens is 262 g/mol. The van der Waals surface area contributed by atoms with Crippen LogP contribution in [0.15, 0.2) is 18.3 Å². The minimum absolute atomic E-state index is 0.140. The molecule has 1 rings (SSSR count). The first kappa shape index (κ1) is 15.6. The van der Waals surface area contributed by atoms with E-state index in [-0.39, 0.29) is 29.2 Å². The Morgan fingerprint density at radius 3 is 2.50 bits per heavy atom. The van der Waals surface area contributed by atoms with Crippen molar-refractivity contribution in [2.45, 2.75) is 26.3 Å². The average Bonchev–Trinajstić information content (AvgIpc) is 2.34. The zero-order chi connectivity index (χ0) is 15.3. The summed E-state index contributed by atoms with van der Waals surface area (Å²) < 4.78 is 0. The normalized spacial score (nSPS) is 10.8. The third-order valence-corrected chi connectivity index (χ3v) is 2.17. The van der Waals surface area contributed by atoms with Gasteiger partial charge in [0, 0.05) is 17.3 Å². The van der Waals surface area contributed by atoms with Gasteiger partial charge in [-0.25, -0.2) is 9.78 Å². The fourth-order valence-corrected chi connectivity index (χ4v) is 1.41. The third kappa shape index (κ3) is 5.05. The van der Waals surface area contributed by atoms with Crippen molar-refractivity contribution < 1.29 is 19.5 Å². The van der Waals surface area contributed by atoms with Crippen molar-refractivity contribution in [1.29, 1.82) is 0 Å². The molecule has 0 saturated heterocycles. The van der Waals surface area contributed by atoms with E-state index in [4.69, 9.17) is 5.11 Å². The molecule has 0 atom stereocenters. The number of rotatable bonds is 4. The van der Waals surface area contributed by atoms with Gasteiger partial charge in [0.25, 0.3) is 5.91 Å². The first-order valence-corrected chi connectivity index (χ1v) is 5.97. The van der Waals surface area contributed by atoms with Gasteiger partial charge in [0.1, 0.15) is 5.69 Å². The quantitative estimate of drug-likeness (QED) is 0.740. The Hall–Kier alpha value is -2.44. The van der Waals surface area contributed by atoms with Crippen molar-refractivity contribution in [3.05, 3.63) is 29.6 Å². The molecule has 0 unspecified atom stereocenters. The number of carbonyl (C=O) groups is 3. The number of carbonyl (C=O) groups excluding carboxylic acids is 2. The Balaban J connectivity index is 2.61. The van der Waals surface area contributed by atoms with Crippen LogP contribution in [-0.4, -0.2) is 40.0 Å². The molecule has 108 valence electrons. The second-order valence-corrected chi connectivity index (χ2v) is 5.22. The molecule has 3 N–H and O–H groups in total. The zero-order valence-electron chi connectivity index (χ0n) is 11.6. The Labute approximate surface area is 116 Å². The molecule has 7 heteroatoms. The number of hydrogen-bond donors (Lipinski definition) is 3. The summed E-state index contributed by atoms with van der Waals surface area (Å²) in [5.74, 6) is -2.07. The summed E-state index contributed by atoms with van der Waals surface area (Å²) in [6.45, 7) is 5.30. The molecule has 0 spiro atoms. The van der Waals surface area contributed by atoms with E-state index in [1.807, 2.05) is 20.8 Å². The lowest BCUT2D eigenvalue weighted by molar-refractivity contribution is -0.121. The van der Waals surface area contributed by atoms with Crippen LogP contribution in [0.5, 0.6) is 0 Å². The maximum Gasteiger partial charge on any atom is 0.354 e. The molecule has 0 fully saturated rings. The maximum atomic E-state index is 11.8. The number of carboxylic acids is 1. The molecular formula is C13H17N3O4. The lowest BCUT2D eigenvalue weighted by atomic mass is 10.1. The van der Waals surface area contributed by atoms with E-state index in [0.717, 1.165) is 6.07 Å². The van der Waals surface area contributed by atoms with E-state index in [1.165, 1.54) is 12.3 Å².